The molecule has 0 saturated heterocycles. The second-order valence-electron chi connectivity index (χ2n) is 8.59. The topological polar surface area (TPSA) is 339 Å². The third-order valence-corrected chi connectivity index (χ3v) is 4.68. The Labute approximate surface area is 316 Å². The number of carbonyl (C=O) groups excluding carboxylic acids is 5. The summed E-state index contributed by atoms with van der Waals surface area (Å²) in [6.45, 7) is 0. The quantitative estimate of drug-likeness (QED) is 0.0887. The van der Waals surface area contributed by atoms with E-state index in [0.29, 0.717) is 0 Å². The van der Waals surface area contributed by atoms with E-state index in [0.717, 1.165) is 59.2 Å². The van der Waals surface area contributed by atoms with Crippen LogP contribution in [-0.2, 0) is 0 Å². The highest BCUT2D eigenvalue weighted by atomic mass is 16.9. The maximum absolute atomic E-state index is 10.0. The van der Waals surface area contributed by atoms with Crippen LogP contribution < -0.4 is 0 Å². The van der Waals surface area contributed by atoms with Gasteiger partial charge in [0.25, 0.3) is 20.3 Å². The van der Waals surface area contributed by atoms with Gasteiger partial charge in [0, 0.05) is 27.8 Å². The zero-order valence-electron chi connectivity index (χ0n) is 28.7. The Bertz CT molecular complexity index is 1460. The smallest absolute Gasteiger partial charge is 0.291 e. The van der Waals surface area contributed by atoms with Crippen molar-refractivity contribution >= 4 is 31.4 Å². The standard InChI is InChI=1S/5C7H6O.4HNO3/c5*8-6-7-4-2-1-3-5-7;4*2-1(3)4/h5*1-6H;4*(H,2,3,4). The van der Waals surface area contributed by atoms with Gasteiger partial charge in [-0.2, -0.15) is 0 Å². The molecule has 0 fully saturated rings. The van der Waals surface area contributed by atoms with Gasteiger partial charge in [0.2, 0.25) is 0 Å². The van der Waals surface area contributed by atoms with Crippen molar-refractivity contribution in [2.45, 2.75) is 0 Å². The normalized spacial score (nSPS) is 7.79. The first-order chi connectivity index (χ1) is 26.6. The van der Waals surface area contributed by atoms with Gasteiger partial charge in [-0.15, -0.1) is 40.5 Å². The summed E-state index contributed by atoms with van der Waals surface area (Å²) in [5.74, 6) is 0. The van der Waals surface area contributed by atoms with E-state index < -0.39 is 20.3 Å². The number of hydrogen-bond acceptors (Lipinski definition) is 13. The summed E-state index contributed by atoms with van der Waals surface area (Å²) in [6.07, 6.45) is 4.17. The number of rotatable bonds is 5. The minimum atomic E-state index is -1.50. The first-order valence-electron chi connectivity index (χ1n) is 14.4. The average Bonchev–Trinajstić information content (AvgIpc) is 3.19. The Morgan fingerprint density at radius 1 is 0.286 bits per heavy atom. The van der Waals surface area contributed by atoms with Crippen molar-refractivity contribution in [3.05, 3.63) is 220 Å². The highest BCUT2D eigenvalue weighted by Crippen LogP contribution is 1.94. The molecule has 21 nitrogen and oxygen atoms in total. The largest absolute Gasteiger partial charge is 0.328 e. The van der Waals surface area contributed by atoms with Crippen LogP contribution in [0.25, 0.3) is 0 Å². The second kappa shape index (κ2) is 40.7. The molecule has 0 atom stereocenters. The molecule has 296 valence electrons. The molecule has 5 aromatic rings. The number of hydrogen-bond donors (Lipinski definition) is 4. The summed E-state index contributed by atoms with van der Waals surface area (Å²) >= 11 is 0. The fourth-order valence-corrected chi connectivity index (χ4v) is 2.66. The summed E-state index contributed by atoms with van der Waals surface area (Å²) in [4.78, 5) is 83.5. The molecule has 0 aromatic heterocycles. The van der Waals surface area contributed by atoms with Gasteiger partial charge < -0.3 is 20.8 Å². The third kappa shape index (κ3) is 52.1. The molecule has 0 aliphatic rings. The summed E-state index contributed by atoms with van der Waals surface area (Å²) in [5, 5.41) is 54.6. The number of benzene rings is 5. The molecule has 5 rings (SSSR count). The van der Waals surface area contributed by atoms with Gasteiger partial charge in [-0.25, -0.2) is 0 Å². The number of aldehydes is 5. The van der Waals surface area contributed by atoms with Crippen LogP contribution in [0.15, 0.2) is 152 Å². The molecule has 0 aliphatic heterocycles. The maximum Gasteiger partial charge on any atom is 0.291 e. The predicted octanol–water partition coefficient (Wildman–Crippen LogP) is 6.10. The van der Waals surface area contributed by atoms with E-state index >= 15 is 0 Å². The molecule has 0 saturated carbocycles. The SMILES string of the molecule is O=Cc1ccccc1.O=Cc1ccccc1.O=Cc1ccccc1.O=Cc1ccccc1.O=Cc1ccccc1.O=[N+]([O-])O.O=[N+]([O-])O.O=[N+]([O-])O.O=[N+]([O-])O. The van der Waals surface area contributed by atoms with E-state index in [1.54, 1.807) is 60.7 Å². The second-order valence-corrected chi connectivity index (χ2v) is 8.59. The van der Waals surface area contributed by atoms with Crippen molar-refractivity contribution in [1.82, 2.24) is 0 Å². The molecular formula is C35H34N4O17. The summed E-state index contributed by atoms with van der Waals surface area (Å²) in [5.41, 5.74) is 3.65. The lowest BCUT2D eigenvalue weighted by Gasteiger charge is -1.81. The van der Waals surface area contributed by atoms with Gasteiger partial charge in [-0.1, -0.05) is 152 Å². The zero-order valence-corrected chi connectivity index (χ0v) is 28.7. The van der Waals surface area contributed by atoms with Gasteiger partial charge in [-0.3, -0.25) is 24.0 Å². The summed E-state index contributed by atoms with van der Waals surface area (Å²) in [6, 6.07) is 45.5. The predicted molar refractivity (Wildman–Crippen MR) is 194 cm³/mol. The first kappa shape index (κ1) is 54.0. The van der Waals surface area contributed by atoms with E-state index in [9.17, 15) is 24.0 Å². The van der Waals surface area contributed by atoms with E-state index in [4.69, 9.17) is 61.3 Å². The Morgan fingerprint density at radius 2 is 0.375 bits per heavy atom. The van der Waals surface area contributed by atoms with Crippen molar-refractivity contribution in [2.24, 2.45) is 0 Å². The van der Waals surface area contributed by atoms with Crippen LogP contribution in [0.4, 0.5) is 0 Å². The van der Waals surface area contributed by atoms with Crippen molar-refractivity contribution in [3.8, 4) is 0 Å². The zero-order chi connectivity index (χ0) is 43.4. The van der Waals surface area contributed by atoms with Gasteiger partial charge in [0.1, 0.15) is 31.4 Å². The van der Waals surface area contributed by atoms with Crippen molar-refractivity contribution in [1.29, 1.82) is 0 Å². The van der Waals surface area contributed by atoms with Crippen LogP contribution in [0.3, 0.4) is 0 Å². The van der Waals surface area contributed by atoms with Crippen molar-refractivity contribution in [2.75, 3.05) is 0 Å². The van der Waals surface area contributed by atoms with Gasteiger partial charge in [0.15, 0.2) is 0 Å². The molecule has 0 bridgehead atoms. The highest BCUT2D eigenvalue weighted by Gasteiger charge is 1.83. The van der Waals surface area contributed by atoms with Crippen LogP contribution in [-0.4, -0.2) is 72.6 Å². The Balaban J connectivity index is -0.000000277. The van der Waals surface area contributed by atoms with Crippen LogP contribution in [0.5, 0.6) is 0 Å². The van der Waals surface area contributed by atoms with Crippen molar-refractivity contribution in [3.63, 3.8) is 0 Å². The van der Waals surface area contributed by atoms with E-state index in [-0.39, 0.29) is 0 Å². The number of nitrogens with zero attached hydrogens (tertiary/aromatic N) is 4. The minimum Gasteiger partial charge on any atom is -0.328 e. The van der Waals surface area contributed by atoms with E-state index in [2.05, 4.69) is 0 Å². The molecule has 0 radical (unpaired) electrons. The Kier molecular flexibility index (Phi) is 39.2. The monoisotopic (exact) mass is 782 g/mol. The summed E-state index contributed by atoms with van der Waals surface area (Å²) < 4.78 is 0. The highest BCUT2D eigenvalue weighted by molar-refractivity contribution is 5.75. The Hall–Kier alpha value is -8.75. The molecule has 4 N–H and O–H groups in total. The Morgan fingerprint density at radius 3 is 0.429 bits per heavy atom. The molecule has 21 heteroatoms. The average molecular weight is 783 g/mol. The minimum absolute atomic E-state index is 0.729. The lowest BCUT2D eigenvalue weighted by molar-refractivity contribution is -0.742. The molecule has 5 aromatic carbocycles. The fraction of sp³-hybridized carbons (Fsp3) is 0. The van der Waals surface area contributed by atoms with Gasteiger partial charge in [0.05, 0.1) is 0 Å². The molecule has 0 spiro atoms. The molecular weight excluding hydrogens is 748 g/mol. The molecule has 0 aliphatic carbocycles. The molecule has 0 amide bonds. The van der Waals surface area contributed by atoms with Crippen LogP contribution in [0.1, 0.15) is 51.8 Å². The summed E-state index contributed by atoms with van der Waals surface area (Å²) in [7, 11) is 0. The maximum atomic E-state index is 10.0. The lowest BCUT2D eigenvalue weighted by atomic mass is 10.2. The molecule has 0 heterocycles. The van der Waals surface area contributed by atoms with Crippen LogP contribution in [0, 0.1) is 40.5 Å². The molecule has 56 heavy (non-hydrogen) atoms. The van der Waals surface area contributed by atoms with E-state index in [1.807, 2.05) is 91.0 Å². The number of carbonyl (C=O) groups is 5. The van der Waals surface area contributed by atoms with Gasteiger partial charge in [-0.05, 0) is 0 Å². The van der Waals surface area contributed by atoms with Crippen LogP contribution >= 0.6 is 0 Å². The molecule has 0 unspecified atom stereocenters. The fourth-order valence-electron chi connectivity index (χ4n) is 2.66. The lowest BCUT2D eigenvalue weighted by Crippen LogP contribution is -1.81. The van der Waals surface area contributed by atoms with Crippen LogP contribution in [0.2, 0.25) is 0 Å². The third-order valence-electron chi connectivity index (χ3n) is 4.68. The van der Waals surface area contributed by atoms with Crippen molar-refractivity contribution < 1.29 is 65.1 Å². The van der Waals surface area contributed by atoms with E-state index in [1.165, 1.54) is 0 Å². The van der Waals surface area contributed by atoms with Gasteiger partial charge >= 0.3 is 0 Å². The first-order valence-corrected chi connectivity index (χ1v) is 14.4.